The van der Waals surface area contributed by atoms with Crippen molar-refractivity contribution in [2.24, 2.45) is 0 Å². The van der Waals surface area contributed by atoms with Crippen LogP contribution in [0.3, 0.4) is 0 Å². The molecule has 0 fully saturated rings. The molecule has 66 valence electrons. The molecule has 0 aliphatic carbocycles. The molecule has 3 N–H and O–H groups in total. The van der Waals surface area contributed by atoms with E-state index in [2.05, 4.69) is 5.32 Å². The van der Waals surface area contributed by atoms with Crippen molar-refractivity contribution in [1.82, 2.24) is 5.32 Å². The monoisotopic (exact) mass is 161 g/mol. The van der Waals surface area contributed by atoms with Crippen molar-refractivity contribution in [2.45, 2.75) is 32.2 Å². The first kappa shape index (κ1) is 10.2. The molecule has 1 amide bonds. The van der Waals surface area contributed by atoms with Crippen molar-refractivity contribution in [3.05, 3.63) is 0 Å². The maximum Gasteiger partial charge on any atom is 0.404 e. The zero-order valence-corrected chi connectivity index (χ0v) is 6.71. The van der Waals surface area contributed by atoms with Crippen LogP contribution in [0.5, 0.6) is 0 Å². The summed E-state index contributed by atoms with van der Waals surface area (Å²) in [7, 11) is 0. The minimum Gasteiger partial charge on any atom is -0.465 e. The molecule has 0 aromatic rings. The first-order valence-electron chi connectivity index (χ1n) is 3.81. The van der Waals surface area contributed by atoms with E-state index in [4.69, 9.17) is 10.2 Å². The molecule has 4 heteroatoms. The van der Waals surface area contributed by atoms with Gasteiger partial charge in [-0.1, -0.05) is 13.3 Å². The van der Waals surface area contributed by atoms with Gasteiger partial charge in [0.05, 0.1) is 0 Å². The van der Waals surface area contributed by atoms with E-state index >= 15 is 0 Å². The summed E-state index contributed by atoms with van der Waals surface area (Å²) in [6.45, 7) is 2.01. The van der Waals surface area contributed by atoms with Gasteiger partial charge in [0, 0.05) is 12.6 Å². The molecule has 4 nitrogen and oxygen atoms in total. The molecule has 0 saturated heterocycles. The Hall–Kier alpha value is -0.770. The van der Waals surface area contributed by atoms with Gasteiger partial charge >= 0.3 is 6.09 Å². The van der Waals surface area contributed by atoms with Crippen LogP contribution in [-0.2, 0) is 0 Å². The lowest BCUT2D eigenvalue weighted by atomic mass is 10.1. The van der Waals surface area contributed by atoms with Gasteiger partial charge < -0.3 is 15.5 Å². The van der Waals surface area contributed by atoms with E-state index < -0.39 is 6.09 Å². The summed E-state index contributed by atoms with van der Waals surface area (Å²) >= 11 is 0. The summed E-state index contributed by atoms with van der Waals surface area (Å²) in [6.07, 6.45) is 1.19. The zero-order valence-electron chi connectivity index (χ0n) is 6.71. The number of aliphatic hydroxyl groups is 1. The van der Waals surface area contributed by atoms with Gasteiger partial charge in [-0.05, 0) is 12.8 Å². The fraction of sp³-hybridized carbons (Fsp3) is 0.857. The lowest BCUT2D eigenvalue weighted by Crippen LogP contribution is -2.34. The van der Waals surface area contributed by atoms with Crippen LogP contribution in [0.2, 0.25) is 0 Å². The Morgan fingerprint density at radius 1 is 1.55 bits per heavy atom. The standard InChI is InChI=1S/C7H15NO3/c1-2-3-6(4-5-9)8-7(10)11/h6,8-9H,2-5H2,1H3,(H,10,11). The first-order valence-corrected chi connectivity index (χ1v) is 3.81. The SMILES string of the molecule is CCCC(CCO)NC(=O)O. The van der Waals surface area contributed by atoms with Gasteiger partial charge in [0.25, 0.3) is 0 Å². The highest BCUT2D eigenvalue weighted by molar-refractivity contribution is 5.64. The van der Waals surface area contributed by atoms with E-state index in [9.17, 15) is 4.79 Å². The second-order valence-corrected chi connectivity index (χ2v) is 2.45. The van der Waals surface area contributed by atoms with E-state index in [1.54, 1.807) is 0 Å². The van der Waals surface area contributed by atoms with Gasteiger partial charge in [-0.15, -0.1) is 0 Å². The van der Waals surface area contributed by atoms with E-state index in [-0.39, 0.29) is 12.6 Å². The van der Waals surface area contributed by atoms with Crippen molar-refractivity contribution in [2.75, 3.05) is 6.61 Å². The van der Waals surface area contributed by atoms with Crippen LogP contribution in [0.1, 0.15) is 26.2 Å². The molecule has 0 heterocycles. The van der Waals surface area contributed by atoms with Crippen LogP contribution in [0.15, 0.2) is 0 Å². The Morgan fingerprint density at radius 3 is 2.55 bits per heavy atom. The van der Waals surface area contributed by atoms with Crippen LogP contribution in [0, 0.1) is 0 Å². The number of amides is 1. The van der Waals surface area contributed by atoms with Gasteiger partial charge in [-0.25, -0.2) is 4.79 Å². The number of carboxylic acid groups (broad SMARTS) is 1. The summed E-state index contributed by atoms with van der Waals surface area (Å²) in [6, 6.07) is -0.0949. The second-order valence-electron chi connectivity index (χ2n) is 2.45. The molecule has 0 saturated carbocycles. The molecule has 0 aromatic heterocycles. The topological polar surface area (TPSA) is 69.6 Å². The predicted molar refractivity (Wildman–Crippen MR) is 41.6 cm³/mol. The largest absolute Gasteiger partial charge is 0.465 e. The molecule has 0 radical (unpaired) electrons. The maximum atomic E-state index is 10.2. The Bertz CT molecular complexity index is 110. The second kappa shape index (κ2) is 5.97. The van der Waals surface area contributed by atoms with Crippen LogP contribution in [-0.4, -0.2) is 29.0 Å². The maximum absolute atomic E-state index is 10.2. The predicted octanol–water partition coefficient (Wildman–Crippen LogP) is 0.805. The molecule has 0 aliphatic heterocycles. The summed E-state index contributed by atoms with van der Waals surface area (Å²) in [5, 5.41) is 19.2. The third kappa shape index (κ3) is 5.66. The average Bonchev–Trinajstić information content (AvgIpc) is 1.87. The van der Waals surface area contributed by atoms with Gasteiger partial charge in [0.1, 0.15) is 0 Å². The fourth-order valence-electron chi connectivity index (χ4n) is 0.968. The Kier molecular flexibility index (Phi) is 5.56. The quantitative estimate of drug-likeness (QED) is 0.558. The number of carbonyl (C=O) groups is 1. The Balaban J connectivity index is 3.59. The number of hydrogen-bond acceptors (Lipinski definition) is 2. The van der Waals surface area contributed by atoms with Crippen molar-refractivity contribution in [3.63, 3.8) is 0 Å². The van der Waals surface area contributed by atoms with E-state index in [1.165, 1.54) is 0 Å². The van der Waals surface area contributed by atoms with E-state index in [0.717, 1.165) is 12.8 Å². The highest BCUT2D eigenvalue weighted by Crippen LogP contribution is 2.00. The zero-order chi connectivity index (χ0) is 8.69. The summed E-state index contributed by atoms with van der Waals surface area (Å²) in [5.41, 5.74) is 0. The molecule has 0 spiro atoms. The van der Waals surface area contributed by atoms with Gasteiger partial charge in [-0.3, -0.25) is 0 Å². The minimum atomic E-state index is -1.02. The summed E-state index contributed by atoms with van der Waals surface area (Å²) in [5.74, 6) is 0. The molecular formula is C7H15NO3. The van der Waals surface area contributed by atoms with Gasteiger partial charge in [0.15, 0.2) is 0 Å². The molecule has 11 heavy (non-hydrogen) atoms. The van der Waals surface area contributed by atoms with Crippen molar-refractivity contribution >= 4 is 6.09 Å². The Labute approximate surface area is 66.2 Å². The fourth-order valence-corrected chi connectivity index (χ4v) is 0.968. The number of aliphatic hydroxyl groups excluding tert-OH is 1. The lowest BCUT2D eigenvalue weighted by molar-refractivity contribution is 0.184. The smallest absolute Gasteiger partial charge is 0.404 e. The molecule has 0 rings (SSSR count). The van der Waals surface area contributed by atoms with Crippen molar-refractivity contribution < 1.29 is 15.0 Å². The normalized spacial score (nSPS) is 12.5. The van der Waals surface area contributed by atoms with Gasteiger partial charge in [-0.2, -0.15) is 0 Å². The number of nitrogens with one attached hydrogen (secondary N) is 1. The van der Waals surface area contributed by atoms with E-state index in [1.807, 2.05) is 6.92 Å². The van der Waals surface area contributed by atoms with Crippen molar-refractivity contribution in [3.8, 4) is 0 Å². The van der Waals surface area contributed by atoms with E-state index in [0.29, 0.717) is 6.42 Å². The minimum absolute atomic E-state index is 0.0327. The highest BCUT2D eigenvalue weighted by Gasteiger charge is 2.08. The molecule has 0 aromatic carbocycles. The van der Waals surface area contributed by atoms with Crippen molar-refractivity contribution in [1.29, 1.82) is 0 Å². The van der Waals surface area contributed by atoms with Crippen LogP contribution >= 0.6 is 0 Å². The molecule has 0 aliphatic rings. The molecular weight excluding hydrogens is 146 g/mol. The van der Waals surface area contributed by atoms with Crippen LogP contribution in [0.4, 0.5) is 4.79 Å². The molecule has 1 atom stereocenters. The third-order valence-corrected chi connectivity index (χ3v) is 1.44. The van der Waals surface area contributed by atoms with Crippen LogP contribution < -0.4 is 5.32 Å². The van der Waals surface area contributed by atoms with Gasteiger partial charge in [0.2, 0.25) is 0 Å². The molecule has 0 bridgehead atoms. The average molecular weight is 161 g/mol. The number of rotatable bonds is 5. The third-order valence-electron chi connectivity index (χ3n) is 1.44. The number of hydrogen-bond donors (Lipinski definition) is 3. The lowest BCUT2D eigenvalue weighted by Gasteiger charge is -2.13. The summed E-state index contributed by atoms with van der Waals surface area (Å²) in [4.78, 5) is 10.2. The first-order chi connectivity index (χ1) is 5.20. The molecule has 1 unspecified atom stereocenters. The Morgan fingerprint density at radius 2 is 2.18 bits per heavy atom. The highest BCUT2D eigenvalue weighted by atomic mass is 16.4. The summed E-state index contributed by atoms with van der Waals surface area (Å²) < 4.78 is 0. The van der Waals surface area contributed by atoms with Crippen LogP contribution in [0.25, 0.3) is 0 Å².